The number of hydrogen-bond donors (Lipinski definition) is 1. The maximum atomic E-state index is 12.6. The summed E-state index contributed by atoms with van der Waals surface area (Å²) in [4.78, 5) is 0. The molecule has 1 aromatic rings. The number of anilines is 1. The Balaban J connectivity index is 2.05. The van der Waals surface area contributed by atoms with Gasteiger partial charge in [0.05, 0.1) is 22.9 Å². The molecule has 6 heteroatoms. The van der Waals surface area contributed by atoms with E-state index in [1.54, 1.807) is 6.07 Å². The second-order valence-corrected chi connectivity index (χ2v) is 4.76. The number of rotatable bonds is 4. The summed E-state index contributed by atoms with van der Waals surface area (Å²) in [5, 5.41) is 12.1. The zero-order chi connectivity index (χ0) is 14.8. The highest BCUT2D eigenvalue weighted by molar-refractivity contribution is 5.59. The predicted molar refractivity (Wildman–Crippen MR) is 68.2 cm³/mol. The van der Waals surface area contributed by atoms with Crippen LogP contribution in [0.5, 0.6) is 0 Å². The molecule has 1 saturated carbocycles. The molecule has 1 fully saturated rings. The number of benzene rings is 1. The first-order valence-corrected chi connectivity index (χ1v) is 6.43. The predicted octanol–water partition coefficient (Wildman–Crippen LogP) is 3.56. The van der Waals surface area contributed by atoms with Gasteiger partial charge in [0.2, 0.25) is 0 Å². The maximum Gasteiger partial charge on any atom is 0.416 e. The summed E-state index contributed by atoms with van der Waals surface area (Å²) in [5.74, 6) is 0. The largest absolute Gasteiger partial charge is 0.416 e. The highest BCUT2D eigenvalue weighted by atomic mass is 19.4. The number of nitrogens with zero attached hydrogens (tertiary/aromatic N) is 1. The van der Waals surface area contributed by atoms with E-state index >= 15 is 0 Å². The zero-order valence-corrected chi connectivity index (χ0v) is 11.0. The molecular formula is C14H15F3N2O. The molecule has 108 valence electrons. The summed E-state index contributed by atoms with van der Waals surface area (Å²) in [6.07, 6.45) is -2.61. The zero-order valence-electron chi connectivity index (χ0n) is 11.0. The third-order valence-corrected chi connectivity index (χ3v) is 3.32. The molecule has 0 radical (unpaired) electrons. The van der Waals surface area contributed by atoms with Crippen LogP contribution >= 0.6 is 0 Å². The Bertz CT molecular complexity index is 516. The number of hydrogen-bond acceptors (Lipinski definition) is 3. The molecule has 1 aromatic carbocycles. The second-order valence-electron chi connectivity index (χ2n) is 4.76. The van der Waals surface area contributed by atoms with Gasteiger partial charge in [-0.25, -0.2) is 0 Å². The van der Waals surface area contributed by atoms with Gasteiger partial charge < -0.3 is 10.1 Å². The Hall–Kier alpha value is -1.74. The van der Waals surface area contributed by atoms with Crippen molar-refractivity contribution in [2.24, 2.45) is 0 Å². The van der Waals surface area contributed by atoms with Gasteiger partial charge in [-0.1, -0.05) is 0 Å². The minimum atomic E-state index is -4.43. The third kappa shape index (κ3) is 3.23. The molecule has 0 unspecified atom stereocenters. The Kier molecular flexibility index (Phi) is 4.19. The van der Waals surface area contributed by atoms with E-state index in [0.29, 0.717) is 12.3 Å². The van der Waals surface area contributed by atoms with Crippen molar-refractivity contribution in [3.8, 4) is 6.07 Å². The van der Waals surface area contributed by atoms with Crippen LogP contribution in [0.4, 0.5) is 18.9 Å². The second kappa shape index (κ2) is 5.71. The topological polar surface area (TPSA) is 45.0 Å². The molecule has 0 heterocycles. The van der Waals surface area contributed by atoms with Crippen LogP contribution in [0.2, 0.25) is 0 Å². The lowest BCUT2D eigenvalue weighted by Crippen LogP contribution is -2.41. The van der Waals surface area contributed by atoms with Crippen molar-refractivity contribution < 1.29 is 17.9 Å². The molecule has 1 aliphatic rings. The van der Waals surface area contributed by atoms with Gasteiger partial charge in [0.15, 0.2) is 0 Å². The number of alkyl halides is 3. The molecule has 0 saturated heterocycles. The Labute approximate surface area is 115 Å². The van der Waals surface area contributed by atoms with Crippen LogP contribution in [0, 0.1) is 11.3 Å². The van der Waals surface area contributed by atoms with E-state index in [1.165, 1.54) is 6.07 Å². The highest BCUT2D eigenvalue weighted by Crippen LogP contribution is 2.33. The Morgan fingerprint density at radius 2 is 2.10 bits per heavy atom. The molecule has 0 spiro atoms. The molecule has 1 aliphatic carbocycles. The quantitative estimate of drug-likeness (QED) is 0.919. The van der Waals surface area contributed by atoms with Crippen LogP contribution in [-0.4, -0.2) is 18.8 Å². The normalized spacial score (nSPS) is 21.9. The van der Waals surface area contributed by atoms with Crippen molar-refractivity contribution in [2.75, 3.05) is 11.9 Å². The average molecular weight is 284 g/mol. The fraction of sp³-hybridized carbons (Fsp3) is 0.500. The van der Waals surface area contributed by atoms with Crippen LogP contribution in [0.1, 0.15) is 30.9 Å². The minimum absolute atomic E-state index is 0.0136. The SMILES string of the molecule is CCOC1CC(Nc2ccc(C(F)(F)F)cc2C#N)C1. The summed E-state index contributed by atoms with van der Waals surface area (Å²) < 4.78 is 43.1. The van der Waals surface area contributed by atoms with Crippen molar-refractivity contribution in [3.05, 3.63) is 29.3 Å². The molecule has 20 heavy (non-hydrogen) atoms. The summed E-state index contributed by atoms with van der Waals surface area (Å²) in [5.41, 5.74) is -0.347. The van der Waals surface area contributed by atoms with Crippen LogP contribution in [0.25, 0.3) is 0 Å². The lowest BCUT2D eigenvalue weighted by Gasteiger charge is -2.36. The Morgan fingerprint density at radius 1 is 1.40 bits per heavy atom. The van der Waals surface area contributed by atoms with Gasteiger partial charge in [0.1, 0.15) is 6.07 Å². The molecule has 2 rings (SSSR count). The molecule has 0 aromatic heterocycles. The van der Waals surface area contributed by atoms with Crippen molar-refractivity contribution in [1.29, 1.82) is 5.26 Å². The fourth-order valence-electron chi connectivity index (χ4n) is 2.21. The highest BCUT2D eigenvalue weighted by Gasteiger charge is 2.32. The number of nitriles is 1. The van der Waals surface area contributed by atoms with Crippen molar-refractivity contribution in [3.63, 3.8) is 0 Å². The van der Waals surface area contributed by atoms with Crippen molar-refractivity contribution in [1.82, 2.24) is 0 Å². The van der Waals surface area contributed by atoms with Crippen LogP contribution in [-0.2, 0) is 10.9 Å². The van der Waals surface area contributed by atoms with Crippen LogP contribution < -0.4 is 5.32 Å². The molecule has 1 N–H and O–H groups in total. The molecule has 0 atom stereocenters. The first-order chi connectivity index (χ1) is 9.44. The van der Waals surface area contributed by atoms with E-state index in [1.807, 2.05) is 6.92 Å². The van der Waals surface area contributed by atoms with Gasteiger partial charge in [-0.15, -0.1) is 0 Å². The van der Waals surface area contributed by atoms with E-state index in [-0.39, 0.29) is 17.7 Å². The van der Waals surface area contributed by atoms with Gasteiger partial charge in [-0.05, 0) is 38.0 Å². The summed E-state index contributed by atoms with van der Waals surface area (Å²) in [6, 6.07) is 5.13. The summed E-state index contributed by atoms with van der Waals surface area (Å²) in [6.45, 7) is 2.57. The molecule has 3 nitrogen and oxygen atoms in total. The summed E-state index contributed by atoms with van der Waals surface area (Å²) >= 11 is 0. The molecule has 0 amide bonds. The van der Waals surface area contributed by atoms with E-state index in [0.717, 1.165) is 25.0 Å². The van der Waals surface area contributed by atoms with Crippen LogP contribution in [0.3, 0.4) is 0 Å². The van der Waals surface area contributed by atoms with E-state index < -0.39 is 11.7 Å². The van der Waals surface area contributed by atoms with E-state index in [4.69, 9.17) is 10.00 Å². The smallest absolute Gasteiger partial charge is 0.381 e. The lowest BCUT2D eigenvalue weighted by atomic mass is 9.88. The van der Waals surface area contributed by atoms with Crippen molar-refractivity contribution in [2.45, 2.75) is 38.1 Å². The van der Waals surface area contributed by atoms with Gasteiger partial charge in [0, 0.05) is 12.6 Å². The molecule has 0 aliphatic heterocycles. The minimum Gasteiger partial charge on any atom is -0.381 e. The van der Waals surface area contributed by atoms with Gasteiger partial charge >= 0.3 is 6.18 Å². The van der Waals surface area contributed by atoms with E-state index in [9.17, 15) is 13.2 Å². The lowest BCUT2D eigenvalue weighted by molar-refractivity contribution is -0.137. The molecular weight excluding hydrogens is 269 g/mol. The van der Waals surface area contributed by atoms with E-state index in [2.05, 4.69) is 5.32 Å². The Morgan fingerprint density at radius 3 is 2.65 bits per heavy atom. The van der Waals surface area contributed by atoms with Gasteiger partial charge in [-0.2, -0.15) is 18.4 Å². The van der Waals surface area contributed by atoms with Gasteiger partial charge in [0.25, 0.3) is 0 Å². The first kappa shape index (κ1) is 14.7. The molecule has 0 bridgehead atoms. The van der Waals surface area contributed by atoms with Crippen molar-refractivity contribution >= 4 is 5.69 Å². The number of ether oxygens (including phenoxy) is 1. The van der Waals surface area contributed by atoms with Crippen LogP contribution in [0.15, 0.2) is 18.2 Å². The first-order valence-electron chi connectivity index (χ1n) is 6.43. The average Bonchev–Trinajstić information content (AvgIpc) is 2.35. The fourth-order valence-corrected chi connectivity index (χ4v) is 2.21. The standard InChI is InChI=1S/C14H15F3N2O/c1-2-20-12-6-11(7-12)19-13-4-3-10(14(15,16)17)5-9(13)8-18/h3-5,11-12,19H,2,6-7H2,1H3. The monoisotopic (exact) mass is 284 g/mol. The number of halogens is 3. The summed E-state index contributed by atoms with van der Waals surface area (Å²) in [7, 11) is 0. The number of nitrogens with one attached hydrogen (secondary N) is 1. The van der Waals surface area contributed by atoms with Gasteiger partial charge in [-0.3, -0.25) is 0 Å². The third-order valence-electron chi connectivity index (χ3n) is 3.32. The maximum absolute atomic E-state index is 12.6.